The summed E-state index contributed by atoms with van der Waals surface area (Å²) in [6.45, 7) is 0. The van der Waals surface area contributed by atoms with Gasteiger partial charge >= 0.3 is 0 Å². The van der Waals surface area contributed by atoms with Crippen molar-refractivity contribution in [1.82, 2.24) is 0 Å². The van der Waals surface area contributed by atoms with Crippen LogP contribution in [0.2, 0.25) is 0 Å². The standard InChI is InChI=1S/C17H16O/c18-16-9-10-17-14(7-4-8-15(17)12-16)11-13-5-2-1-3-6-13/h1-3,5-7,9-10,12,18H,4,8,11H2. The molecule has 0 saturated carbocycles. The highest BCUT2D eigenvalue weighted by Crippen LogP contribution is 2.31. The van der Waals surface area contributed by atoms with Gasteiger partial charge in [0.25, 0.3) is 0 Å². The van der Waals surface area contributed by atoms with Crippen LogP contribution in [-0.2, 0) is 12.8 Å². The van der Waals surface area contributed by atoms with Crippen LogP contribution in [0.3, 0.4) is 0 Å². The highest BCUT2D eigenvalue weighted by atomic mass is 16.3. The van der Waals surface area contributed by atoms with Crippen LogP contribution in [0.4, 0.5) is 0 Å². The fourth-order valence-electron chi connectivity index (χ4n) is 2.60. The van der Waals surface area contributed by atoms with Crippen LogP contribution in [0.25, 0.3) is 5.57 Å². The summed E-state index contributed by atoms with van der Waals surface area (Å²) in [7, 11) is 0. The monoisotopic (exact) mass is 236 g/mol. The molecule has 1 aliphatic carbocycles. The fourth-order valence-corrected chi connectivity index (χ4v) is 2.60. The lowest BCUT2D eigenvalue weighted by Gasteiger charge is -2.18. The second-order valence-electron chi connectivity index (χ2n) is 4.77. The number of benzene rings is 2. The topological polar surface area (TPSA) is 20.2 Å². The predicted molar refractivity (Wildman–Crippen MR) is 74.6 cm³/mol. The van der Waals surface area contributed by atoms with Gasteiger partial charge in [-0.05, 0) is 53.7 Å². The summed E-state index contributed by atoms with van der Waals surface area (Å²) in [4.78, 5) is 0. The number of hydrogen-bond acceptors (Lipinski definition) is 1. The Morgan fingerprint density at radius 3 is 2.67 bits per heavy atom. The highest BCUT2D eigenvalue weighted by Gasteiger charge is 2.13. The average Bonchev–Trinajstić information content (AvgIpc) is 2.40. The van der Waals surface area contributed by atoms with Crippen molar-refractivity contribution >= 4 is 5.57 Å². The van der Waals surface area contributed by atoms with Gasteiger partial charge in [-0.2, -0.15) is 0 Å². The normalized spacial score (nSPS) is 13.9. The molecule has 3 rings (SSSR count). The van der Waals surface area contributed by atoms with Crippen LogP contribution >= 0.6 is 0 Å². The molecule has 0 spiro atoms. The largest absolute Gasteiger partial charge is 0.508 e. The SMILES string of the molecule is Oc1ccc2c(c1)CCC=C2Cc1ccccc1. The second-order valence-corrected chi connectivity index (χ2v) is 4.77. The average molecular weight is 236 g/mol. The predicted octanol–water partition coefficient (Wildman–Crippen LogP) is 3.96. The van der Waals surface area contributed by atoms with E-state index in [2.05, 4.69) is 30.3 Å². The third-order valence-corrected chi connectivity index (χ3v) is 3.48. The summed E-state index contributed by atoms with van der Waals surface area (Å²) in [5.74, 6) is 0.370. The van der Waals surface area contributed by atoms with Gasteiger partial charge in [0.2, 0.25) is 0 Å². The molecular formula is C17H16O. The summed E-state index contributed by atoms with van der Waals surface area (Å²) >= 11 is 0. The summed E-state index contributed by atoms with van der Waals surface area (Å²) in [6.07, 6.45) is 5.39. The van der Waals surface area contributed by atoms with Crippen molar-refractivity contribution in [1.29, 1.82) is 0 Å². The van der Waals surface area contributed by atoms with Crippen LogP contribution in [0.5, 0.6) is 5.75 Å². The first-order valence-corrected chi connectivity index (χ1v) is 6.38. The summed E-state index contributed by atoms with van der Waals surface area (Å²) in [6, 6.07) is 16.2. The molecule has 2 aromatic carbocycles. The van der Waals surface area contributed by atoms with Gasteiger partial charge in [-0.15, -0.1) is 0 Å². The summed E-state index contributed by atoms with van der Waals surface area (Å²) < 4.78 is 0. The minimum Gasteiger partial charge on any atom is -0.508 e. The number of hydrogen-bond donors (Lipinski definition) is 1. The van der Waals surface area contributed by atoms with E-state index >= 15 is 0 Å². The van der Waals surface area contributed by atoms with Crippen molar-refractivity contribution in [3.05, 3.63) is 71.3 Å². The van der Waals surface area contributed by atoms with Crippen LogP contribution in [0, 0.1) is 0 Å². The molecule has 2 aromatic rings. The van der Waals surface area contributed by atoms with E-state index in [4.69, 9.17) is 0 Å². The molecule has 0 radical (unpaired) electrons. The first-order chi connectivity index (χ1) is 8.83. The van der Waals surface area contributed by atoms with E-state index in [-0.39, 0.29) is 0 Å². The third-order valence-electron chi connectivity index (χ3n) is 3.48. The van der Waals surface area contributed by atoms with Crippen molar-refractivity contribution in [2.75, 3.05) is 0 Å². The van der Waals surface area contributed by atoms with Crippen molar-refractivity contribution in [3.8, 4) is 5.75 Å². The number of aryl methyl sites for hydroxylation is 1. The number of aromatic hydroxyl groups is 1. The lowest BCUT2D eigenvalue weighted by molar-refractivity contribution is 0.474. The summed E-state index contributed by atoms with van der Waals surface area (Å²) in [5.41, 5.74) is 5.28. The first-order valence-electron chi connectivity index (χ1n) is 6.38. The van der Waals surface area contributed by atoms with Gasteiger partial charge in [0, 0.05) is 0 Å². The van der Waals surface area contributed by atoms with Crippen LogP contribution < -0.4 is 0 Å². The maximum atomic E-state index is 9.54. The van der Waals surface area contributed by atoms with Crippen molar-refractivity contribution in [2.24, 2.45) is 0 Å². The molecule has 0 atom stereocenters. The minimum atomic E-state index is 0.370. The third kappa shape index (κ3) is 2.17. The smallest absolute Gasteiger partial charge is 0.115 e. The number of phenolic OH excluding ortho intramolecular Hbond substituents is 1. The quantitative estimate of drug-likeness (QED) is 0.836. The lowest BCUT2D eigenvalue weighted by atomic mass is 9.87. The van der Waals surface area contributed by atoms with E-state index < -0.39 is 0 Å². The zero-order valence-electron chi connectivity index (χ0n) is 10.3. The Labute approximate surface area is 107 Å². The number of fused-ring (bicyclic) bond motifs is 1. The van der Waals surface area contributed by atoms with Crippen molar-refractivity contribution < 1.29 is 5.11 Å². The molecule has 0 aliphatic heterocycles. The van der Waals surface area contributed by atoms with E-state index in [0.29, 0.717) is 5.75 Å². The van der Waals surface area contributed by atoms with Gasteiger partial charge in [-0.1, -0.05) is 42.5 Å². The molecule has 90 valence electrons. The molecule has 1 heteroatoms. The number of rotatable bonds is 2. The number of allylic oxidation sites excluding steroid dienone is 2. The number of phenols is 1. The Kier molecular flexibility index (Phi) is 2.89. The van der Waals surface area contributed by atoms with Gasteiger partial charge in [0.05, 0.1) is 0 Å². The molecule has 1 aliphatic rings. The molecule has 0 heterocycles. The zero-order chi connectivity index (χ0) is 12.4. The maximum absolute atomic E-state index is 9.54. The van der Waals surface area contributed by atoms with Gasteiger partial charge < -0.3 is 5.11 Å². The molecule has 18 heavy (non-hydrogen) atoms. The van der Waals surface area contributed by atoms with E-state index in [0.717, 1.165) is 19.3 Å². The Bertz CT molecular complexity index is 582. The lowest BCUT2D eigenvalue weighted by Crippen LogP contribution is -2.01. The Hall–Kier alpha value is -2.02. The molecule has 0 fully saturated rings. The zero-order valence-corrected chi connectivity index (χ0v) is 10.3. The van der Waals surface area contributed by atoms with E-state index in [9.17, 15) is 5.11 Å². The van der Waals surface area contributed by atoms with Crippen LogP contribution in [0.15, 0.2) is 54.6 Å². The molecule has 0 bridgehead atoms. The second kappa shape index (κ2) is 4.69. The highest BCUT2D eigenvalue weighted by molar-refractivity contribution is 5.72. The first kappa shape index (κ1) is 11.1. The molecule has 0 aromatic heterocycles. The van der Waals surface area contributed by atoms with Gasteiger partial charge in [-0.25, -0.2) is 0 Å². The molecule has 0 amide bonds. The van der Waals surface area contributed by atoms with Crippen LogP contribution in [0.1, 0.15) is 23.1 Å². The molecular weight excluding hydrogens is 220 g/mol. The minimum absolute atomic E-state index is 0.370. The Morgan fingerprint density at radius 1 is 1.00 bits per heavy atom. The van der Waals surface area contributed by atoms with Gasteiger partial charge in [0.1, 0.15) is 5.75 Å². The van der Waals surface area contributed by atoms with Crippen molar-refractivity contribution in [2.45, 2.75) is 19.3 Å². The maximum Gasteiger partial charge on any atom is 0.115 e. The Balaban J connectivity index is 1.93. The van der Waals surface area contributed by atoms with Crippen LogP contribution in [-0.4, -0.2) is 5.11 Å². The van der Waals surface area contributed by atoms with E-state index in [1.165, 1.54) is 22.3 Å². The molecule has 1 nitrogen and oxygen atoms in total. The molecule has 0 saturated heterocycles. The fraction of sp³-hybridized carbons (Fsp3) is 0.176. The molecule has 0 unspecified atom stereocenters. The Morgan fingerprint density at radius 2 is 1.83 bits per heavy atom. The van der Waals surface area contributed by atoms with Gasteiger partial charge in [-0.3, -0.25) is 0 Å². The summed E-state index contributed by atoms with van der Waals surface area (Å²) in [5, 5.41) is 9.54. The molecule has 1 N–H and O–H groups in total. The van der Waals surface area contributed by atoms with Crippen molar-refractivity contribution in [3.63, 3.8) is 0 Å². The van der Waals surface area contributed by atoms with E-state index in [1.54, 1.807) is 6.07 Å². The van der Waals surface area contributed by atoms with E-state index in [1.807, 2.05) is 18.2 Å². The van der Waals surface area contributed by atoms with Gasteiger partial charge in [0.15, 0.2) is 0 Å².